The van der Waals surface area contributed by atoms with Crippen molar-refractivity contribution in [2.75, 3.05) is 26.2 Å². The zero-order valence-corrected chi connectivity index (χ0v) is 13.5. The molecule has 1 aliphatic rings. The van der Waals surface area contributed by atoms with Crippen molar-refractivity contribution in [3.8, 4) is 0 Å². The fraction of sp³-hybridized carbons (Fsp3) is 0.611. The first-order valence-electron chi connectivity index (χ1n) is 8.53. The SMILES string of the molecule is NCCN(CCc1ccccc1)CC(=O)NC1CCCCC1. The summed E-state index contributed by atoms with van der Waals surface area (Å²) in [5.41, 5.74) is 6.99. The van der Waals surface area contributed by atoms with Crippen LogP contribution >= 0.6 is 0 Å². The molecule has 0 heterocycles. The smallest absolute Gasteiger partial charge is 0.234 e. The maximum absolute atomic E-state index is 12.2. The summed E-state index contributed by atoms with van der Waals surface area (Å²) in [4.78, 5) is 14.4. The highest BCUT2D eigenvalue weighted by molar-refractivity contribution is 5.78. The quantitative estimate of drug-likeness (QED) is 0.771. The van der Waals surface area contributed by atoms with Crippen LogP contribution in [-0.4, -0.2) is 43.0 Å². The van der Waals surface area contributed by atoms with E-state index in [-0.39, 0.29) is 5.91 Å². The van der Waals surface area contributed by atoms with Gasteiger partial charge in [0, 0.05) is 25.7 Å². The van der Waals surface area contributed by atoms with Gasteiger partial charge in [-0.15, -0.1) is 0 Å². The minimum atomic E-state index is 0.147. The third-order valence-corrected chi connectivity index (χ3v) is 4.34. The Balaban J connectivity index is 1.75. The summed E-state index contributed by atoms with van der Waals surface area (Å²) in [6.45, 7) is 2.69. The number of carbonyl (C=O) groups is 1. The first-order valence-corrected chi connectivity index (χ1v) is 8.53. The average molecular weight is 303 g/mol. The van der Waals surface area contributed by atoms with E-state index in [1.165, 1.54) is 24.8 Å². The van der Waals surface area contributed by atoms with E-state index in [4.69, 9.17) is 5.73 Å². The topological polar surface area (TPSA) is 58.4 Å². The lowest BCUT2D eigenvalue weighted by Crippen LogP contribution is -2.44. The molecule has 1 fully saturated rings. The van der Waals surface area contributed by atoms with Gasteiger partial charge in [0.15, 0.2) is 0 Å². The molecule has 0 atom stereocenters. The van der Waals surface area contributed by atoms with E-state index < -0.39 is 0 Å². The summed E-state index contributed by atoms with van der Waals surface area (Å²) in [5, 5.41) is 3.18. The van der Waals surface area contributed by atoms with Crippen molar-refractivity contribution in [1.82, 2.24) is 10.2 Å². The largest absolute Gasteiger partial charge is 0.352 e. The summed E-state index contributed by atoms with van der Waals surface area (Å²) in [5.74, 6) is 0.147. The maximum atomic E-state index is 12.2. The molecule has 0 spiro atoms. The third kappa shape index (κ3) is 6.16. The van der Waals surface area contributed by atoms with Gasteiger partial charge in [-0.25, -0.2) is 0 Å². The van der Waals surface area contributed by atoms with Crippen LogP contribution in [0.3, 0.4) is 0 Å². The lowest BCUT2D eigenvalue weighted by Gasteiger charge is -2.25. The number of hydrogen-bond acceptors (Lipinski definition) is 3. The Bertz CT molecular complexity index is 429. The molecule has 1 aromatic carbocycles. The monoisotopic (exact) mass is 303 g/mol. The molecule has 1 saturated carbocycles. The molecule has 2 rings (SSSR count). The van der Waals surface area contributed by atoms with Crippen LogP contribution in [0.25, 0.3) is 0 Å². The highest BCUT2D eigenvalue weighted by atomic mass is 16.2. The van der Waals surface area contributed by atoms with Crippen LogP contribution in [0.1, 0.15) is 37.7 Å². The van der Waals surface area contributed by atoms with Gasteiger partial charge in [-0.3, -0.25) is 9.69 Å². The Morgan fingerprint density at radius 3 is 2.55 bits per heavy atom. The van der Waals surface area contributed by atoms with Gasteiger partial charge >= 0.3 is 0 Å². The normalized spacial score (nSPS) is 15.9. The number of rotatable bonds is 8. The number of nitrogens with zero attached hydrogens (tertiary/aromatic N) is 1. The average Bonchev–Trinajstić information content (AvgIpc) is 2.55. The molecule has 22 heavy (non-hydrogen) atoms. The van der Waals surface area contributed by atoms with E-state index in [9.17, 15) is 4.79 Å². The molecule has 0 radical (unpaired) electrons. The molecule has 122 valence electrons. The fourth-order valence-electron chi connectivity index (χ4n) is 3.11. The third-order valence-electron chi connectivity index (χ3n) is 4.34. The molecule has 0 aliphatic heterocycles. The van der Waals surface area contributed by atoms with E-state index in [0.717, 1.165) is 32.4 Å². The Kier molecular flexibility index (Phi) is 7.40. The molecule has 0 aromatic heterocycles. The highest BCUT2D eigenvalue weighted by Crippen LogP contribution is 2.17. The lowest BCUT2D eigenvalue weighted by atomic mass is 9.95. The number of nitrogens with two attached hydrogens (primary N) is 1. The number of hydrogen-bond donors (Lipinski definition) is 2. The molecule has 0 unspecified atom stereocenters. The molecule has 0 saturated heterocycles. The van der Waals surface area contributed by atoms with Crippen LogP contribution in [0.15, 0.2) is 30.3 Å². The van der Waals surface area contributed by atoms with Crippen molar-refractivity contribution in [3.05, 3.63) is 35.9 Å². The highest BCUT2D eigenvalue weighted by Gasteiger charge is 2.17. The van der Waals surface area contributed by atoms with E-state index in [1.54, 1.807) is 0 Å². The minimum Gasteiger partial charge on any atom is -0.352 e. The van der Waals surface area contributed by atoms with Crippen molar-refractivity contribution >= 4 is 5.91 Å². The number of nitrogens with one attached hydrogen (secondary N) is 1. The minimum absolute atomic E-state index is 0.147. The summed E-state index contributed by atoms with van der Waals surface area (Å²) >= 11 is 0. The van der Waals surface area contributed by atoms with Gasteiger partial charge in [-0.2, -0.15) is 0 Å². The van der Waals surface area contributed by atoms with Crippen LogP contribution in [-0.2, 0) is 11.2 Å². The number of benzene rings is 1. The zero-order valence-electron chi connectivity index (χ0n) is 13.5. The van der Waals surface area contributed by atoms with Gasteiger partial charge in [-0.1, -0.05) is 49.6 Å². The summed E-state index contributed by atoms with van der Waals surface area (Å²) < 4.78 is 0. The summed E-state index contributed by atoms with van der Waals surface area (Å²) in [6.07, 6.45) is 7.01. The van der Waals surface area contributed by atoms with E-state index >= 15 is 0 Å². The number of carbonyl (C=O) groups excluding carboxylic acids is 1. The van der Waals surface area contributed by atoms with E-state index in [1.807, 2.05) is 6.07 Å². The van der Waals surface area contributed by atoms with Crippen molar-refractivity contribution in [1.29, 1.82) is 0 Å². The first kappa shape index (κ1) is 17.0. The summed E-state index contributed by atoms with van der Waals surface area (Å²) in [6, 6.07) is 10.8. The van der Waals surface area contributed by atoms with E-state index in [2.05, 4.69) is 34.5 Å². The molecule has 0 bridgehead atoms. The Labute approximate surface area is 134 Å². The van der Waals surface area contributed by atoms with Crippen molar-refractivity contribution < 1.29 is 4.79 Å². The fourth-order valence-corrected chi connectivity index (χ4v) is 3.11. The van der Waals surface area contributed by atoms with Gasteiger partial charge < -0.3 is 11.1 Å². The molecule has 3 N–H and O–H groups in total. The van der Waals surface area contributed by atoms with Gasteiger partial charge in [0.05, 0.1) is 6.54 Å². The Hall–Kier alpha value is -1.39. The standard InChI is InChI=1S/C18H29N3O/c19-12-14-21(13-11-16-7-3-1-4-8-16)15-18(22)20-17-9-5-2-6-10-17/h1,3-4,7-8,17H,2,5-6,9-15,19H2,(H,20,22). The van der Waals surface area contributed by atoms with Gasteiger partial charge in [0.2, 0.25) is 5.91 Å². The first-order chi connectivity index (χ1) is 10.8. The molecule has 1 aromatic rings. The van der Waals surface area contributed by atoms with Gasteiger partial charge in [0.25, 0.3) is 0 Å². The predicted molar refractivity (Wildman–Crippen MR) is 90.7 cm³/mol. The second-order valence-corrected chi connectivity index (χ2v) is 6.20. The van der Waals surface area contributed by atoms with Crippen molar-refractivity contribution in [2.24, 2.45) is 5.73 Å². The van der Waals surface area contributed by atoms with Crippen LogP contribution in [0, 0.1) is 0 Å². The van der Waals surface area contributed by atoms with Crippen molar-refractivity contribution in [2.45, 2.75) is 44.6 Å². The van der Waals surface area contributed by atoms with Crippen LogP contribution in [0.2, 0.25) is 0 Å². The van der Waals surface area contributed by atoms with Crippen LogP contribution < -0.4 is 11.1 Å². The molecule has 4 heteroatoms. The predicted octanol–water partition coefficient (Wildman–Crippen LogP) is 1.94. The van der Waals surface area contributed by atoms with E-state index in [0.29, 0.717) is 19.1 Å². The molecule has 1 amide bonds. The van der Waals surface area contributed by atoms with Crippen molar-refractivity contribution in [3.63, 3.8) is 0 Å². The number of amides is 1. The lowest BCUT2D eigenvalue weighted by molar-refractivity contribution is -0.123. The molecule has 4 nitrogen and oxygen atoms in total. The molecular formula is C18H29N3O. The van der Waals surface area contributed by atoms with Crippen LogP contribution in [0.4, 0.5) is 0 Å². The summed E-state index contributed by atoms with van der Waals surface area (Å²) in [7, 11) is 0. The molecule has 1 aliphatic carbocycles. The van der Waals surface area contributed by atoms with Gasteiger partial charge in [-0.05, 0) is 24.8 Å². The second-order valence-electron chi connectivity index (χ2n) is 6.20. The Morgan fingerprint density at radius 1 is 1.14 bits per heavy atom. The molecular weight excluding hydrogens is 274 g/mol. The second kappa shape index (κ2) is 9.59. The zero-order chi connectivity index (χ0) is 15.6. The van der Waals surface area contributed by atoms with Crippen LogP contribution in [0.5, 0.6) is 0 Å². The Morgan fingerprint density at radius 2 is 1.86 bits per heavy atom. The van der Waals surface area contributed by atoms with Gasteiger partial charge in [0.1, 0.15) is 0 Å². The maximum Gasteiger partial charge on any atom is 0.234 e.